The molecule has 2 unspecified atom stereocenters. The van der Waals surface area contributed by atoms with Gasteiger partial charge in [0.25, 0.3) is 0 Å². The zero-order valence-corrected chi connectivity index (χ0v) is 6.65. The predicted octanol–water partition coefficient (Wildman–Crippen LogP) is 1.63. The molecular formula is C8H9NO3. The molecule has 12 heavy (non-hydrogen) atoms. The maximum atomic E-state index is 10.4. The van der Waals surface area contributed by atoms with Crippen molar-refractivity contribution in [1.82, 2.24) is 0 Å². The Bertz CT molecular complexity index is 318. The molecule has 2 atom stereocenters. The normalized spacial score (nSPS) is 37.9. The van der Waals surface area contributed by atoms with E-state index in [9.17, 15) is 15.2 Å². The Balaban J connectivity index is 2.38. The summed E-state index contributed by atoms with van der Waals surface area (Å²) in [6.45, 7) is 1.96. The van der Waals surface area contributed by atoms with E-state index in [1.165, 1.54) is 0 Å². The fourth-order valence-electron chi connectivity index (χ4n) is 1.64. The van der Waals surface area contributed by atoms with Crippen molar-refractivity contribution in [2.45, 2.75) is 13.3 Å². The number of aliphatic hydroxyl groups is 1. The van der Waals surface area contributed by atoms with E-state index in [0.717, 1.165) is 6.42 Å². The standard InChI is InChI=1S/C8H9NO3/c1-8-3-5(8)2-7(10)6(4-8)9(11)12/h2,4-5,10H,3H2,1H3. The number of allylic oxidation sites excluding steroid dienone is 2. The number of rotatable bonds is 1. The molecule has 64 valence electrons. The van der Waals surface area contributed by atoms with E-state index >= 15 is 0 Å². The molecule has 2 aliphatic carbocycles. The van der Waals surface area contributed by atoms with Gasteiger partial charge in [0, 0.05) is 6.08 Å². The van der Waals surface area contributed by atoms with Gasteiger partial charge in [0.15, 0.2) is 5.76 Å². The first-order valence-corrected chi connectivity index (χ1v) is 3.81. The van der Waals surface area contributed by atoms with E-state index in [1.54, 1.807) is 12.2 Å². The minimum Gasteiger partial charge on any atom is -0.502 e. The molecule has 4 heteroatoms. The lowest BCUT2D eigenvalue weighted by atomic mass is 9.99. The largest absolute Gasteiger partial charge is 0.502 e. The van der Waals surface area contributed by atoms with Gasteiger partial charge in [-0.2, -0.15) is 0 Å². The van der Waals surface area contributed by atoms with Crippen molar-refractivity contribution in [1.29, 1.82) is 0 Å². The fourth-order valence-corrected chi connectivity index (χ4v) is 1.64. The second kappa shape index (κ2) is 1.88. The van der Waals surface area contributed by atoms with Crippen LogP contribution in [0.15, 0.2) is 23.6 Å². The number of nitrogens with zero attached hydrogens (tertiary/aromatic N) is 1. The molecule has 1 saturated carbocycles. The van der Waals surface area contributed by atoms with Crippen LogP contribution < -0.4 is 0 Å². The summed E-state index contributed by atoms with van der Waals surface area (Å²) >= 11 is 0. The van der Waals surface area contributed by atoms with Gasteiger partial charge >= 0.3 is 5.70 Å². The summed E-state index contributed by atoms with van der Waals surface area (Å²) in [4.78, 5) is 9.87. The fraction of sp³-hybridized carbons (Fsp3) is 0.500. The lowest BCUT2D eigenvalue weighted by Gasteiger charge is -2.08. The minimum atomic E-state index is -0.536. The van der Waals surface area contributed by atoms with Crippen molar-refractivity contribution in [3.05, 3.63) is 33.7 Å². The molecule has 0 saturated heterocycles. The smallest absolute Gasteiger partial charge is 0.306 e. The van der Waals surface area contributed by atoms with Gasteiger partial charge in [-0.15, -0.1) is 0 Å². The number of nitro groups is 1. The zero-order chi connectivity index (χ0) is 8.93. The third kappa shape index (κ3) is 0.841. The lowest BCUT2D eigenvalue weighted by Crippen LogP contribution is -2.09. The molecule has 0 amide bonds. The van der Waals surface area contributed by atoms with Crippen molar-refractivity contribution in [2.24, 2.45) is 11.3 Å². The molecule has 0 aromatic carbocycles. The van der Waals surface area contributed by atoms with Crippen LogP contribution in [0.1, 0.15) is 13.3 Å². The third-order valence-electron chi connectivity index (χ3n) is 2.63. The molecule has 1 fully saturated rings. The van der Waals surface area contributed by atoms with Crippen LogP contribution in [0.4, 0.5) is 0 Å². The summed E-state index contributed by atoms with van der Waals surface area (Å²) in [5.74, 6) is 0.126. The molecule has 2 rings (SSSR count). The second-order valence-electron chi connectivity index (χ2n) is 3.66. The molecule has 0 aromatic rings. The van der Waals surface area contributed by atoms with Gasteiger partial charge in [0.05, 0.1) is 4.92 Å². The average Bonchev–Trinajstić information content (AvgIpc) is 2.58. The minimum absolute atomic E-state index is 0.0609. The Morgan fingerprint density at radius 2 is 2.50 bits per heavy atom. The topological polar surface area (TPSA) is 63.4 Å². The highest BCUT2D eigenvalue weighted by Gasteiger charge is 2.52. The third-order valence-corrected chi connectivity index (χ3v) is 2.63. The molecule has 0 radical (unpaired) electrons. The van der Waals surface area contributed by atoms with Gasteiger partial charge in [-0.05, 0) is 23.8 Å². The number of hydrogen-bond acceptors (Lipinski definition) is 3. The first kappa shape index (κ1) is 7.34. The van der Waals surface area contributed by atoms with Crippen molar-refractivity contribution in [3.8, 4) is 0 Å². The van der Waals surface area contributed by atoms with Crippen LogP contribution in [0, 0.1) is 21.4 Å². The van der Waals surface area contributed by atoms with Crippen molar-refractivity contribution in [3.63, 3.8) is 0 Å². The van der Waals surface area contributed by atoms with Crippen LogP contribution in [0.25, 0.3) is 0 Å². The van der Waals surface area contributed by atoms with Crippen LogP contribution >= 0.6 is 0 Å². The molecular weight excluding hydrogens is 158 g/mol. The Morgan fingerprint density at radius 3 is 3.08 bits per heavy atom. The van der Waals surface area contributed by atoms with Crippen LogP contribution in [0.2, 0.25) is 0 Å². The lowest BCUT2D eigenvalue weighted by molar-refractivity contribution is -0.424. The maximum absolute atomic E-state index is 10.4. The first-order chi connectivity index (χ1) is 5.53. The van der Waals surface area contributed by atoms with Gasteiger partial charge < -0.3 is 5.11 Å². The van der Waals surface area contributed by atoms with Crippen LogP contribution in [0.3, 0.4) is 0 Å². The molecule has 0 aliphatic heterocycles. The van der Waals surface area contributed by atoms with Crippen molar-refractivity contribution >= 4 is 0 Å². The number of fused-ring (bicyclic) bond motifs is 1. The van der Waals surface area contributed by atoms with Gasteiger partial charge in [0.1, 0.15) is 0 Å². The van der Waals surface area contributed by atoms with E-state index in [1.807, 2.05) is 6.92 Å². The molecule has 0 bridgehead atoms. The summed E-state index contributed by atoms with van der Waals surface area (Å²) in [6.07, 6.45) is 4.06. The Hall–Kier alpha value is -1.32. The highest BCUT2D eigenvalue weighted by atomic mass is 16.6. The number of hydrogen-bond donors (Lipinski definition) is 1. The summed E-state index contributed by atoms with van der Waals surface area (Å²) < 4.78 is 0. The summed E-state index contributed by atoms with van der Waals surface area (Å²) in [5, 5.41) is 19.6. The van der Waals surface area contributed by atoms with Gasteiger partial charge in [-0.3, -0.25) is 10.1 Å². The van der Waals surface area contributed by atoms with Crippen LogP contribution in [-0.2, 0) is 0 Å². The molecule has 0 heterocycles. The molecule has 1 N–H and O–H groups in total. The van der Waals surface area contributed by atoms with Gasteiger partial charge in [-0.1, -0.05) is 6.92 Å². The highest BCUT2D eigenvalue weighted by molar-refractivity contribution is 5.34. The quantitative estimate of drug-likeness (QED) is 0.476. The molecule has 0 spiro atoms. The summed E-state index contributed by atoms with van der Waals surface area (Å²) in [6, 6.07) is 0. The highest BCUT2D eigenvalue weighted by Crippen LogP contribution is 2.57. The van der Waals surface area contributed by atoms with Crippen LogP contribution in [-0.4, -0.2) is 10.0 Å². The molecule has 0 aromatic heterocycles. The molecule has 4 nitrogen and oxygen atoms in total. The zero-order valence-electron chi connectivity index (χ0n) is 6.65. The number of aliphatic hydroxyl groups excluding tert-OH is 1. The van der Waals surface area contributed by atoms with E-state index in [0.29, 0.717) is 5.92 Å². The predicted molar refractivity (Wildman–Crippen MR) is 42.0 cm³/mol. The van der Waals surface area contributed by atoms with Crippen molar-refractivity contribution in [2.75, 3.05) is 0 Å². The maximum Gasteiger partial charge on any atom is 0.306 e. The Kier molecular flexibility index (Phi) is 1.15. The van der Waals surface area contributed by atoms with Gasteiger partial charge in [-0.25, -0.2) is 0 Å². The Morgan fingerprint density at radius 1 is 1.83 bits per heavy atom. The SMILES string of the molecule is CC12C=C([N+](=O)[O-])C(O)=CC1C2. The molecule has 2 aliphatic rings. The van der Waals surface area contributed by atoms with Crippen LogP contribution in [0.5, 0.6) is 0 Å². The van der Waals surface area contributed by atoms with Crippen molar-refractivity contribution < 1.29 is 10.0 Å². The average molecular weight is 167 g/mol. The first-order valence-electron chi connectivity index (χ1n) is 3.81. The van der Waals surface area contributed by atoms with E-state index in [4.69, 9.17) is 0 Å². The van der Waals surface area contributed by atoms with Gasteiger partial charge in [0.2, 0.25) is 0 Å². The summed E-state index contributed by atoms with van der Waals surface area (Å²) in [5.41, 5.74) is -0.208. The Labute approximate surface area is 69.4 Å². The second-order valence-corrected chi connectivity index (χ2v) is 3.66. The van der Waals surface area contributed by atoms with E-state index in [2.05, 4.69) is 0 Å². The summed E-state index contributed by atoms with van der Waals surface area (Å²) in [7, 11) is 0. The van der Waals surface area contributed by atoms with E-state index < -0.39 is 4.92 Å². The van der Waals surface area contributed by atoms with E-state index in [-0.39, 0.29) is 16.9 Å². The monoisotopic (exact) mass is 167 g/mol.